The van der Waals surface area contributed by atoms with Crippen molar-refractivity contribution >= 4 is 19.2 Å². The summed E-state index contributed by atoms with van der Waals surface area (Å²) >= 11 is 0. The van der Waals surface area contributed by atoms with Crippen molar-refractivity contribution in [2.24, 2.45) is 0 Å². The summed E-state index contributed by atoms with van der Waals surface area (Å²) < 4.78 is 85.6. The van der Waals surface area contributed by atoms with Gasteiger partial charge < -0.3 is 14.4 Å². The summed E-state index contributed by atoms with van der Waals surface area (Å²) in [6.07, 6.45) is -0.973. The third-order valence-corrected chi connectivity index (χ3v) is 4.16. The van der Waals surface area contributed by atoms with Gasteiger partial charge in [-0.05, 0) is 0 Å². The number of carbonyl (C=O) groups is 1. The van der Waals surface area contributed by atoms with E-state index >= 15 is 0 Å². The van der Waals surface area contributed by atoms with Crippen LogP contribution in [0.2, 0.25) is 0 Å². The number of nitrogens with one attached hydrogen (secondary N) is 1. The molecule has 1 N–H and O–H groups in total. The van der Waals surface area contributed by atoms with E-state index in [4.69, 9.17) is 0 Å². The van der Waals surface area contributed by atoms with E-state index in [9.17, 15) is 31.3 Å². The molecule has 1 amide bonds. The number of hydrogen-bond acceptors (Lipinski definition) is 4. The molecule has 0 saturated carbocycles. The number of rotatable bonds is 5. The van der Waals surface area contributed by atoms with Gasteiger partial charge in [-0.15, -0.1) is 0 Å². The second-order valence-electron chi connectivity index (χ2n) is 3.63. The van der Waals surface area contributed by atoms with Crippen molar-refractivity contribution in [3.8, 4) is 0 Å². The van der Waals surface area contributed by atoms with Gasteiger partial charge in [-0.2, -0.15) is 0 Å². The molecule has 118 valence electrons. The maximum absolute atomic E-state index is 13.3. The maximum atomic E-state index is 13.3. The number of amides is 1. The fourth-order valence-electron chi connectivity index (χ4n) is 1.27. The molecule has 5 nitrogen and oxygen atoms in total. The van der Waals surface area contributed by atoms with Crippen LogP contribution in [0.1, 0.15) is 0 Å². The number of halogens is 5. The van der Waals surface area contributed by atoms with E-state index in [1.54, 1.807) is 0 Å². The standard InChI is InChI=1S/C10H9F5NO4P/c1-19-21(18,20-2)3-4(17)16-10-8(14)6(12)5(11)7(13)9(10)15/h3H2,1-2H3,(H,16,17). The van der Waals surface area contributed by atoms with Gasteiger partial charge in [0.05, 0.1) is 0 Å². The Bertz CT molecular complexity index is 587. The zero-order valence-corrected chi connectivity index (χ0v) is 11.6. The third-order valence-electron chi connectivity index (χ3n) is 2.37. The molecule has 21 heavy (non-hydrogen) atoms. The Hall–Kier alpha value is -1.51. The molecular formula is C10H9F5NO4P. The van der Waals surface area contributed by atoms with Crippen LogP contribution in [-0.4, -0.2) is 26.3 Å². The summed E-state index contributed by atoms with van der Waals surface area (Å²) in [7, 11) is -1.95. The quantitative estimate of drug-likeness (QED) is 0.389. The van der Waals surface area contributed by atoms with Gasteiger partial charge >= 0.3 is 7.60 Å². The zero-order valence-electron chi connectivity index (χ0n) is 10.7. The molecule has 0 aliphatic carbocycles. The van der Waals surface area contributed by atoms with E-state index in [0.29, 0.717) is 0 Å². The SMILES string of the molecule is COP(=O)(CC(=O)Nc1c(F)c(F)c(F)c(F)c1F)OC. The first-order valence-electron chi connectivity index (χ1n) is 5.18. The van der Waals surface area contributed by atoms with Crippen molar-refractivity contribution in [1.29, 1.82) is 0 Å². The van der Waals surface area contributed by atoms with Crippen molar-refractivity contribution < 1.29 is 40.4 Å². The molecule has 0 bridgehead atoms. The highest BCUT2D eigenvalue weighted by atomic mass is 31.2. The van der Waals surface area contributed by atoms with Crippen molar-refractivity contribution in [1.82, 2.24) is 0 Å². The lowest BCUT2D eigenvalue weighted by Crippen LogP contribution is -2.20. The molecule has 0 saturated heterocycles. The van der Waals surface area contributed by atoms with Crippen LogP contribution in [0.15, 0.2) is 0 Å². The molecule has 11 heteroatoms. The lowest BCUT2D eigenvalue weighted by molar-refractivity contribution is -0.114. The monoisotopic (exact) mass is 333 g/mol. The summed E-state index contributed by atoms with van der Waals surface area (Å²) in [5.41, 5.74) is -1.55. The average molecular weight is 333 g/mol. The summed E-state index contributed by atoms with van der Waals surface area (Å²) in [5, 5.41) is 1.44. The van der Waals surface area contributed by atoms with Gasteiger partial charge in [0.1, 0.15) is 11.8 Å². The van der Waals surface area contributed by atoms with Gasteiger partial charge in [-0.25, -0.2) is 22.0 Å². The minimum atomic E-state index is -3.86. The van der Waals surface area contributed by atoms with Crippen molar-refractivity contribution in [2.45, 2.75) is 0 Å². The Labute approximate surface area is 115 Å². The van der Waals surface area contributed by atoms with Crippen molar-refractivity contribution in [2.75, 3.05) is 25.7 Å². The number of anilines is 1. The minimum Gasteiger partial charge on any atom is -0.320 e. The van der Waals surface area contributed by atoms with E-state index < -0.39 is 54.4 Å². The molecule has 0 aliphatic rings. The Morgan fingerprint density at radius 1 is 0.952 bits per heavy atom. The molecule has 1 aromatic rings. The Balaban J connectivity index is 3.10. The van der Waals surface area contributed by atoms with Crippen LogP contribution in [0.4, 0.5) is 27.6 Å². The van der Waals surface area contributed by atoms with Crippen LogP contribution >= 0.6 is 7.60 Å². The maximum Gasteiger partial charge on any atom is 0.339 e. The fourth-order valence-corrected chi connectivity index (χ4v) is 2.11. The molecule has 0 spiro atoms. The summed E-state index contributed by atoms with van der Waals surface area (Å²) in [5.74, 6) is -12.5. The molecule has 0 fully saturated rings. The zero-order chi connectivity index (χ0) is 16.4. The second kappa shape index (κ2) is 6.50. The van der Waals surface area contributed by atoms with E-state index in [2.05, 4.69) is 9.05 Å². The molecule has 1 aromatic carbocycles. The topological polar surface area (TPSA) is 64.6 Å². The van der Waals surface area contributed by atoms with Crippen LogP contribution in [-0.2, 0) is 18.4 Å². The van der Waals surface area contributed by atoms with Gasteiger partial charge in [0, 0.05) is 14.2 Å². The largest absolute Gasteiger partial charge is 0.339 e. The molecule has 0 heterocycles. The summed E-state index contributed by atoms with van der Waals surface area (Å²) in [6.45, 7) is 0. The summed E-state index contributed by atoms with van der Waals surface area (Å²) in [4.78, 5) is 11.4. The first-order chi connectivity index (χ1) is 9.66. The number of hydrogen-bond donors (Lipinski definition) is 1. The lowest BCUT2D eigenvalue weighted by Gasteiger charge is -2.14. The van der Waals surface area contributed by atoms with Crippen LogP contribution in [0.3, 0.4) is 0 Å². The van der Waals surface area contributed by atoms with Crippen LogP contribution in [0, 0.1) is 29.1 Å². The summed E-state index contributed by atoms with van der Waals surface area (Å²) in [6, 6.07) is 0. The van der Waals surface area contributed by atoms with Crippen molar-refractivity contribution in [3.63, 3.8) is 0 Å². The first-order valence-corrected chi connectivity index (χ1v) is 6.91. The number of carbonyl (C=O) groups excluding carboxylic acids is 1. The van der Waals surface area contributed by atoms with E-state index in [-0.39, 0.29) is 0 Å². The molecular weight excluding hydrogens is 324 g/mol. The Kier molecular flexibility index (Phi) is 5.43. The highest BCUT2D eigenvalue weighted by molar-refractivity contribution is 7.54. The normalized spacial score (nSPS) is 11.6. The van der Waals surface area contributed by atoms with Gasteiger partial charge in [0.25, 0.3) is 0 Å². The average Bonchev–Trinajstić information content (AvgIpc) is 2.47. The van der Waals surface area contributed by atoms with E-state index in [1.807, 2.05) is 0 Å². The van der Waals surface area contributed by atoms with E-state index in [0.717, 1.165) is 14.2 Å². The minimum absolute atomic E-state index is 0.954. The fraction of sp³-hybridized carbons (Fsp3) is 0.300. The van der Waals surface area contributed by atoms with Crippen LogP contribution < -0.4 is 5.32 Å². The molecule has 0 aromatic heterocycles. The second-order valence-corrected chi connectivity index (χ2v) is 5.90. The van der Waals surface area contributed by atoms with E-state index in [1.165, 1.54) is 5.32 Å². The smallest absolute Gasteiger partial charge is 0.320 e. The molecule has 1 rings (SSSR count). The molecule has 0 unspecified atom stereocenters. The Morgan fingerprint density at radius 3 is 1.71 bits per heavy atom. The molecule has 0 radical (unpaired) electrons. The predicted molar refractivity (Wildman–Crippen MR) is 61.4 cm³/mol. The van der Waals surface area contributed by atoms with Gasteiger partial charge in [0.15, 0.2) is 23.3 Å². The highest BCUT2D eigenvalue weighted by Gasteiger charge is 2.30. The van der Waals surface area contributed by atoms with Crippen LogP contribution in [0.25, 0.3) is 0 Å². The Morgan fingerprint density at radius 2 is 1.33 bits per heavy atom. The lowest BCUT2D eigenvalue weighted by atomic mass is 10.2. The first kappa shape index (κ1) is 17.5. The van der Waals surface area contributed by atoms with Crippen LogP contribution in [0.5, 0.6) is 0 Å². The van der Waals surface area contributed by atoms with Gasteiger partial charge in [-0.1, -0.05) is 0 Å². The predicted octanol–water partition coefficient (Wildman–Crippen LogP) is 2.81. The highest BCUT2D eigenvalue weighted by Crippen LogP contribution is 2.46. The molecule has 0 atom stereocenters. The van der Waals surface area contributed by atoms with Gasteiger partial charge in [-0.3, -0.25) is 9.36 Å². The van der Waals surface area contributed by atoms with Gasteiger partial charge in [0.2, 0.25) is 11.7 Å². The van der Waals surface area contributed by atoms with Crippen molar-refractivity contribution in [3.05, 3.63) is 29.1 Å². The molecule has 0 aliphatic heterocycles. The third kappa shape index (κ3) is 3.58. The number of benzene rings is 1.